The van der Waals surface area contributed by atoms with E-state index in [9.17, 15) is 14.4 Å². The summed E-state index contributed by atoms with van der Waals surface area (Å²) in [5.74, 6) is -0.242. The van der Waals surface area contributed by atoms with E-state index in [1.807, 2.05) is 6.92 Å². The van der Waals surface area contributed by atoms with Gasteiger partial charge in [0.1, 0.15) is 4.83 Å². The molecule has 3 N–H and O–H groups in total. The van der Waals surface area contributed by atoms with Crippen LogP contribution in [-0.4, -0.2) is 27.5 Å². The normalized spacial score (nSPS) is 12.1. The quantitative estimate of drug-likeness (QED) is 0.290. The van der Waals surface area contributed by atoms with Crippen LogP contribution in [0.5, 0.6) is 0 Å². The molecule has 0 spiro atoms. The van der Waals surface area contributed by atoms with E-state index in [1.165, 1.54) is 22.7 Å². The highest BCUT2D eigenvalue weighted by Crippen LogP contribution is 2.30. The minimum atomic E-state index is -0.387. The van der Waals surface area contributed by atoms with Crippen LogP contribution in [0.4, 0.5) is 0 Å². The summed E-state index contributed by atoms with van der Waals surface area (Å²) in [4.78, 5) is 46.1. The molecule has 154 valence electrons. The van der Waals surface area contributed by atoms with Gasteiger partial charge in [0, 0.05) is 4.88 Å². The number of nitrogens with one attached hydrogen (secondary N) is 3. The highest BCUT2D eigenvalue weighted by Gasteiger charge is 2.17. The zero-order valence-electron chi connectivity index (χ0n) is 16.3. The van der Waals surface area contributed by atoms with E-state index in [-0.39, 0.29) is 23.1 Å². The van der Waals surface area contributed by atoms with Gasteiger partial charge in [-0.3, -0.25) is 25.2 Å². The van der Waals surface area contributed by atoms with Gasteiger partial charge in [-0.2, -0.15) is 0 Å². The molecule has 0 aliphatic heterocycles. The van der Waals surface area contributed by atoms with Crippen LogP contribution < -0.4 is 16.4 Å². The first kappa shape index (κ1) is 21.5. The van der Waals surface area contributed by atoms with Gasteiger partial charge >= 0.3 is 0 Å². The third kappa shape index (κ3) is 5.26. The first-order valence-corrected chi connectivity index (χ1v) is 11.8. The molecule has 3 aromatic rings. The van der Waals surface area contributed by atoms with E-state index in [0.717, 1.165) is 35.0 Å². The number of rotatable bonds is 7. The third-order valence-corrected chi connectivity index (χ3v) is 7.27. The number of thiophene rings is 2. The summed E-state index contributed by atoms with van der Waals surface area (Å²) in [6.45, 7) is 6.32. The summed E-state index contributed by atoms with van der Waals surface area (Å²) in [7, 11) is 0. The van der Waals surface area contributed by atoms with Gasteiger partial charge in [-0.05, 0) is 36.3 Å². The molecule has 3 rings (SSSR count). The van der Waals surface area contributed by atoms with Crippen LogP contribution >= 0.6 is 34.4 Å². The van der Waals surface area contributed by atoms with Gasteiger partial charge < -0.3 is 4.98 Å². The number of carbonyl (C=O) groups is 2. The summed E-state index contributed by atoms with van der Waals surface area (Å²) in [5, 5.41) is 2.83. The molecule has 0 saturated carbocycles. The molecule has 0 aliphatic rings. The summed E-state index contributed by atoms with van der Waals surface area (Å²) >= 11 is 3.91. The van der Waals surface area contributed by atoms with Gasteiger partial charge in [0.2, 0.25) is 5.91 Å². The average Bonchev–Trinajstić information content (AvgIpc) is 3.33. The van der Waals surface area contributed by atoms with E-state index in [4.69, 9.17) is 0 Å². The molecule has 2 amide bonds. The Balaban J connectivity index is 1.64. The van der Waals surface area contributed by atoms with E-state index in [1.54, 1.807) is 17.5 Å². The lowest BCUT2D eigenvalue weighted by molar-refractivity contribution is -0.119. The molecule has 10 heteroatoms. The number of hydrazine groups is 1. The lowest BCUT2D eigenvalue weighted by atomic mass is 9.98. The van der Waals surface area contributed by atoms with Crippen molar-refractivity contribution < 1.29 is 9.59 Å². The largest absolute Gasteiger partial charge is 0.301 e. The fraction of sp³-hybridized carbons (Fsp3) is 0.368. The first-order chi connectivity index (χ1) is 13.9. The number of aromatic amines is 1. The lowest BCUT2D eigenvalue weighted by Gasteiger charge is -2.08. The predicted molar refractivity (Wildman–Crippen MR) is 119 cm³/mol. The molecule has 1 atom stereocenters. The van der Waals surface area contributed by atoms with Crippen LogP contribution in [0.25, 0.3) is 10.2 Å². The van der Waals surface area contributed by atoms with Gasteiger partial charge in [0.15, 0.2) is 5.16 Å². The van der Waals surface area contributed by atoms with Crippen molar-refractivity contribution in [3.63, 3.8) is 0 Å². The Hall–Kier alpha value is -2.17. The predicted octanol–water partition coefficient (Wildman–Crippen LogP) is 3.50. The molecule has 1 unspecified atom stereocenters. The minimum Gasteiger partial charge on any atom is -0.301 e. The fourth-order valence-electron chi connectivity index (χ4n) is 2.73. The summed E-state index contributed by atoms with van der Waals surface area (Å²) in [5.41, 5.74) is 5.62. The van der Waals surface area contributed by atoms with E-state index in [0.29, 0.717) is 26.2 Å². The highest BCUT2D eigenvalue weighted by atomic mass is 32.2. The Labute approximate surface area is 180 Å². The molecule has 0 aromatic carbocycles. The van der Waals surface area contributed by atoms with E-state index in [2.05, 4.69) is 34.7 Å². The van der Waals surface area contributed by atoms with Gasteiger partial charge in [-0.25, -0.2) is 4.98 Å². The number of H-pyrrole nitrogens is 1. The maximum atomic E-state index is 12.6. The van der Waals surface area contributed by atoms with Crippen LogP contribution in [0.1, 0.15) is 40.4 Å². The molecule has 0 saturated heterocycles. The van der Waals surface area contributed by atoms with E-state index >= 15 is 0 Å². The number of hydrogen-bond acceptors (Lipinski definition) is 7. The highest BCUT2D eigenvalue weighted by molar-refractivity contribution is 7.99. The van der Waals surface area contributed by atoms with Crippen molar-refractivity contribution in [1.29, 1.82) is 0 Å². The van der Waals surface area contributed by atoms with Gasteiger partial charge in [0.05, 0.1) is 16.0 Å². The van der Waals surface area contributed by atoms with Gasteiger partial charge in [-0.15, -0.1) is 22.7 Å². The summed E-state index contributed by atoms with van der Waals surface area (Å²) in [6.07, 6.45) is 1.90. The number of nitrogens with zero attached hydrogens (tertiary/aromatic N) is 1. The summed E-state index contributed by atoms with van der Waals surface area (Å²) in [6, 6.07) is 3.43. The topological polar surface area (TPSA) is 104 Å². The molecule has 0 bridgehead atoms. The number of amides is 2. The van der Waals surface area contributed by atoms with Crippen molar-refractivity contribution in [2.75, 3.05) is 5.75 Å². The number of thioether (sulfide) groups is 1. The standard InChI is InChI=1S/C19H22N4O3S3/c1-4-10(2)8-12-11(3)29-18-15(12)17(26)20-19(21-18)28-9-14(24)22-23-16(25)13-6-5-7-27-13/h5-7,10H,4,8-9H2,1-3H3,(H,22,24)(H,23,25)(H,20,21,26). The second-order valence-electron chi connectivity index (χ2n) is 6.67. The zero-order valence-corrected chi connectivity index (χ0v) is 18.8. The zero-order chi connectivity index (χ0) is 21.0. The molecule has 0 aliphatic carbocycles. The lowest BCUT2D eigenvalue weighted by Crippen LogP contribution is -2.42. The smallest absolute Gasteiger partial charge is 0.279 e. The average molecular weight is 451 g/mol. The van der Waals surface area contributed by atoms with Crippen molar-refractivity contribution in [3.05, 3.63) is 43.2 Å². The SMILES string of the molecule is CCC(C)Cc1c(C)sc2nc(SCC(=O)NNC(=O)c3cccs3)[nH]c(=O)c12. The first-order valence-electron chi connectivity index (χ1n) is 9.16. The van der Waals surface area contributed by atoms with Crippen molar-refractivity contribution in [3.8, 4) is 0 Å². The second-order valence-corrected chi connectivity index (χ2v) is 9.79. The number of aromatic nitrogens is 2. The maximum absolute atomic E-state index is 12.6. The molecule has 0 fully saturated rings. The summed E-state index contributed by atoms with van der Waals surface area (Å²) < 4.78 is 0. The number of carbonyl (C=O) groups excluding carboxylic acids is 2. The van der Waals surface area contributed by atoms with Crippen LogP contribution in [0.2, 0.25) is 0 Å². The monoisotopic (exact) mass is 450 g/mol. The van der Waals surface area contributed by atoms with Crippen LogP contribution in [0, 0.1) is 12.8 Å². The van der Waals surface area contributed by atoms with E-state index < -0.39 is 0 Å². The van der Waals surface area contributed by atoms with Crippen molar-refractivity contribution >= 4 is 56.5 Å². The second kappa shape index (κ2) is 9.55. The number of aryl methyl sites for hydroxylation is 1. The Bertz CT molecular complexity index is 1070. The Morgan fingerprint density at radius 2 is 2.14 bits per heavy atom. The van der Waals surface area contributed by atoms with Crippen LogP contribution in [0.15, 0.2) is 27.5 Å². The minimum absolute atomic E-state index is 0.0171. The Kier molecular flexibility index (Phi) is 7.09. The molecule has 29 heavy (non-hydrogen) atoms. The number of fused-ring (bicyclic) bond motifs is 1. The Morgan fingerprint density at radius 1 is 1.34 bits per heavy atom. The Morgan fingerprint density at radius 3 is 2.83 bits per heavy atom. The molecular weight excluding hydrogens is 428 g/mol. The van der Waals surface area contributed by atoms with Crippen LogP contribution in [0.3, 0.4) is 0 Å². The van der Waals surface area contributed by atoms with Crippen molar-refractivity contribution in [2.45, 2.75) is 38.8 Å². The van der Waals surface area contributed by atoms with Gasteiger partial charge in [-0.1, -0.05) is 38.1 Å². The number of hydrogen-bond donors (Lipinski definition) is 3. The molecule has 3 heterocycles. The third-order valence-electron chi connectivity index (χ3n) is 4.49. The van der Waals surface area contributed by atoms with Crippen molar-refractivity contribution in [1.82, 2.24) is 20.8 Å². The molecule has 0 radical (unpaired) electrons. The van der Waals surface area contributed by atoms with Crippen molar-refractivity contribution in [2.24, 2.45) is 5.92 Å². The molecule has 7 nitrogen and oxygen atoms in total. The van der Waals surface area contributed by atoms with Crippen LogP contribution in [-0.2, 0) is 11.2 Å². The molecular formula is C19H22N4O3S3. The maximum Gasteiger partial charge on any atom is 0.279 e. The fourth-order valence-corrected chi connectivity index (χ4v) is 5.12. The van der Waals surface area contributed by atoms with Gasteiger partial charge in [0.25, 0.3) is 11.5 Å². The molecule has 3 aromatic heterocycles.